The Morgan fingerprint density at radius 1 is 1.38 bits per heavy atom. The standard InChI is InChI=1S/C12H18BrNO.ClH/c1-7(2)4-11(14)10-6-9(13)5-8(3)12(10)15;/h5-7,11,15H,4,14H2,1-3H3;1H/t11-;/m0./s1. The van der Waals surface area contributed by atoms with Crippen LogP contribution in [0.4, 0.5) is 0 Å². The molecule has 0 saturated heterocycles. The van der Waals surface area contributed by atoms with Crippen LogP contribution in [0.3, 0.4) is 0 Å². The van der Waals surface area contributed by atoms with E-state index in [2.05, 4.69) is 29.8 Å². The Hall–Kier alpha value is -0.250. The second-order valence-corrected chi connectivity index (χ2v) is 5.31. The van der Waals surface area contributed by atoms with Gasteiger partial charge in [-0.3, -0.25) is 0 Å². The molecule has 0 unspecified atom stereocenters. The summed E-state index contributed by atoms with van der Waals surface area (Å²) in [6.45, 7) is 6.13. The van der Waals surface area contributed by atoms with Crippen LogP contribution in [0.2, 0.25) is 0 Å². The van der Waals surface area contributed by atoms with Crippen molar-refractivity contribution in [1.82, 2.24) is 0 Å². The predicted octanol–water partition coefficient (Wildman–Crippen LogP) is 3.93. The molecule has 92 valence electrons. The molecule has 0 radical (unpaired) electrons. The molecule has 0 aliphatic rings. The van der Waals surface area contributed by atoms with Crippen LogP contribution in [0.15, 0.2) is 16.6 Å². The molecule has 16 heavy (non-hydrogen) atoms. The highest BCUT2D eigenvalue weighted by Crippen LogP contribution is 2.32. The van der Waals surface area contributed by atoms with Gasteiger partial charge in [0.05, 0.1) is 0 Å². The number of nitrogens with two attached hydrogens (primary N) is 1. The van der Waals surface area contributed by atoms with Crippen molar-refractivity contribution in [3.8, 4) is 5.75 Å². The number of halogens is 2. The van der Waals surface area contributed by atoms with E-state index in [1.807, 2.05) is 19.1 Å². The van der Waals surface area contributed by atoms with Crippen molar-refractivity contribution in [1.29, 1.82) is 0 Å². The molecule has 1 rings (SSSR count). The minimum atomic E-state index is -0.0961. The third-order valence-electron chi connectivity index (χ3n) is 2.42. The van der Waals surface area contributed by atoms with Gasteiger partial charge in [-0.15, -0.1) is 12.4 Å². The topological polar surface area (TPSA) is 46.2 Å². The number of benzene rings is 1. The van der Waals surface area contributed by atoms with E-state index in [4.69, 9.17) is 5.73 Å². The Balaban J connectivity index is 0.00000225. The lowest BCUT2D eigenvalue weighted by Crippen LogP contribution is -2.13. The van der Waals surface area contributed by atoms with Gasteiger partial charge >= 0.3 is 0 Å². The number of rotatable bonds is 3. The van der Waals surface area contributed by atoms with Crippen LogP contribution in [0.1, 0.15) is 37.4 Å². The third-order valence-corrected chi connectivity index (χ3v) is 2.88. The summed E-state index contributed by atoms with van der Waals surface area (Å²) in [5, 5.41) is 9.90. The summed E-state index contributed by atoms with van der Waals surface area (Å²) in [5.41, 5.74) is 7.74. The molecule has 4 heteroatoms. The third kappa shape index (κ3) is 3.96. The van der Waals surface area contributed by atoms with Gasteiger partial charge in [0.1, 0.15) is 5.75 Å². The smallest absolute Gasteiger partial charge is 0.123 e. The number of phenolic OH excluding ortho intramolecular Hbond substituents is 1. The summed E-state index contributed by atoms with van der Waals surface area (Å²) in [7, 11) is 0. The maximum Gasteiger partial charge on any atom is 0.123 e. The van der Waals surface area contributed by atoms with Gasteiger partial charge in [0.25, 0.3) is 0 Å². The van der Waals surface area contributed by atoms with E-state index in [9.17, 15) is 5.11 Å². The fraction of sp³-hybridized carbons (Fsp3) is 0.500. The van der Waals surface area contributed by atoms with Crippen molar-refractivity contribution in [3.63, 3.8) is 0 Å². The predicted molar refractivity (Wildman–Crippen MR) is 74.2 cm³/mol. The Bertz CT molecular complexity index is 355. The second-order valence-electron chi connectivity index (χ2n) is 4.40. The van der Waals surface area contributed by atoms with E-state index in [1.165, 1.54) is 0 Å². The van der Waals surface area contributed by atoms with Crippen molar-refractivity contribution in [2.45, 2.75) is 33.2 Å². The molecule has 1 aromatic carbocycles. The molecule has 0 aliphatic carbocycles. The monoisotopic (exact) mass is 307 g/mol. The Kier molecular flexibility index (Phi) is 6.38. The average molecular weight is 309 g/mol. The van der Waals surface area contributed by atoms with Gasteiger partial charge in [-0.25, -0.2) is 0 Å². The molecule has 1 aromatic rings. The zero-order valence-corrected chi connectivity index (χ0v) is 12.2. The highest BCUT2D eigenvalue weighted by Gasteiger charge is 2.14. The fourth-order valence-corrected chi connectivity index (χ4v) is 2.27. The van der Waals surface area contributed by atoms with Gasteiger partial charge < -0.3 is 10.8 Å². The van der Waals surface area contributed by atoms with Gasteiger partial charge in [0.2, 0.25) is 0 Å². The van der Waals surface area contributed by atoms with E-state index < -0.39 is 0 Å². The fourth-order valence-electron chi connectivity index (χ4n) is 1.68. The lowest BCUT2D eigenvalue weighted by Gasteiger charge is -2.17. The quantitative estimate of drug-likeness (QED) is 0.888. The Labute approximate surface area is 112 Å². The average Bonchev–Trinajstić information content (AvgIpc) is 2.09. The van der Waals surface area contributed by atoms with Crippen molar-refractivity contribution < 1.29 is 5.11 Å². The van der Waals surface area contributed by atoms with Crippen LogP contribution < -0.4 is 5.73 Å². The number of aryl methyl sites for hydroxylation is 1. The lowest BCUT2D eigenvalue weighted by molar-refractivity contribution is 0.442. The Morgan fingerprint density at radius 3 is 2.44 bits per heavy atom. The number of hydrogen-bond donors (Lipinski definition) is 2. The summed E-state index contributed by atoms with van der Waals surface area (Å²) in [5.74, 6) is 0.852. The number of aromatic hydroxyl groups is 1. The first-order valence-electron chi connectivity index (χ1n) is 5.16. The molecule has 0 spiro atoms. The minimum Gasteiger partial charge on any atom is -0.507 e. The molecule has 0 aromatic heterocycles. The first-order chi connectivity index (χ1) is 6.91. The van der Waals surface area contributed by atoms with Crippen LogP contribution in [-0.4, -0.2) is 5.11 Å². The van der Waals surface area contributed by atoms with Crippen LogP contribution in [0, 0.1) is 12.8 Å². The van der Waals surface area contributed by atoms with E-state index in [-0.39, 0.29) is 18.4 Å². The van der Waals surface area contributed by atoms with E-state index in [0.717, 1.165) is 22.0 Å². The molecule has 0 bridgehead atoms. The van der Waals surface area contributed by atoms with Gasteiger partial charge in [0, 0.05) is 16.1 Å². The van der Waals surface area contributed by atoms with Gasteiger partial charge in [-0.05, 0) is 37.0 Å². The first-order valence-corrected chi connectivity index (χ1v) is 5.95. The molecule has 0 saturated carbocycles. The summed E-state index contributed by atoms with van der Waals surface area (Å²) < 4.78 is 0.965. The molecule has 0 amide bonds. The highest BCUT2D eigenvalue weighted by atomic mass is 79.9. The van der Waals surface area contributed by atoms with Crippen molar-refractivity contribution >= 4 is 28.3 Å². The summed E-state index contributed by atoms with van der Waals surface area (Å²) in [6, 6.07) is 3.69. The van der Waals surface area contributed by atoms with E-state index in [0.29, 0.717) is 11.7 Å². The summed E-state index contributed by atoms with van der Waals surface area (Å²) in [6.07, 6.45) is 0.878. The normalized spacial score (nSPS) is 12.4. The molecule has 3 N–H and O–H groups in total. The van der Waals surface area contributed by atoms with E-state index in [1.54, 1.807) is 0 Å². The summed E-state index contributed by atoms with van der Waals surface area (Å²) >= 11 is 3.41. The second kappa shape index (κ2) is 6.48. The first kappa shape index (κ1) is 15.8. The van der Waals surface area contributed by atoms with Crippen LogP contribution in [0.5, 0.6) is 5.75 Å². The number of hydrogen-bond acceptors (Lipinski definition) is 2. The zero-order chi connectivity index (χ0) is 11.6. The van der Waals surface area contributed by atoms with Crippen molar-refractivity contribution in [2.24, 2.45) is 11.7 Å². The van der Waals surface area contributed by atoms with Gasteiger partial charge in [0.15, 0.2) is 0 Å². The molecule has 0 aliphatic heterocycles. The van der Waals surface area contributed by atoms with Crippen molar-refractivity contribution in [2.75, 3.05) is 0 Å². The molecule has 1 atom stereocenters. The minimum absolute atomic E-state index is 0. The van der Waals surface area contributed by atoms with Gasteiger partial charge in [-0.1, -0.05) is 29.8 Å². The molecule has 0 fully saturated rings. The van der Waals surface area contributed by atoms with E-state index >= 15 is 0 Å². The molecule has 0 heterocycles. The Morgan fingerprint density at radius 2 is 1.94 bits per heavy atom. The largest absolute Gasteiger partial charge is 0.507 e. The SMILES string of the molecule is Cc1cc(Br)cc([C@@H](N)CC(C)C)c1O.Cl. The lowest BCUT2D eigenvalue weighted by atomic mass is 9.96. The highest BCUT2D eigenvalue weighted by molar-refractivity contribution is 9.10. The maximum atomic E-state index is 9.90. The van der Waals surface area contributed by atoms with Gasteiger partial charge in [-0.2, -0.15) is 0 Å². The van der Waals surface area contributed by atoms with Crippen LogP contribution in [0.25, 0.3) is 0 Å². The number of phenols is 1. The molecular weight excluding hydrogens is 289 g/mol. The zero-order valence-electron chi connectivity index (χ0n) is 9.83. The summed E-state index contributed by atoms with van der Waals surface area (Å²) in [4.78, 5) is 0. The maximum absolute atomic E-state index is 9.90. The van der Waals surface area contributed by atoms with Crippen molar-refractivity contribution in [3.05, 3.63) is 27.7 Å². The van der Waals surface area contributed by atoms with Crippen LogP contribution in [-0.2, 0) is 0 Å². The molecule has 2 nitrogen and oxygen atoms in total. The van der Waals surface area contributed by atoms with Crippen LogP contribution >= 0.6 is 28.3 Å². The molecular formula is C12H19BrClNO.